The van der Waals surface area contributed by atoms with E-state index in [1.54, 1.807) is 0 Å². The maximum Gasteiger partial charge on any atom is 0.199 e. The number of rotatable bonds is 10. The number of aromatic nitrogens is 1. The summed E-state index contributed by atoms with van der Waals surface area (Å²) >= 11 is 3.48. The molecule has 9 nitrogen and oxygen atoms in total. The van der Waals surface area contributed by atoms with Gasteiger partial charge in [-0.05, 0) is 18.2 Å². The lowest BCUT2D eigenvalue weighted by molar-refractivity contribution is 0.0483. The van der Waals surface area contributed by atoms with Gasteiger partial charge in [-0.3, -0.25) is 9.80 Å². The maximum absolute atomic E-state index is 10.7. The quantitative estimate of drug-likeness (QED) is 0.246. The van der Waals surface area contributed by atoms with Crippen LogP contribution in [0, 0.1) is 0 Å². The number of aliphatic hydroxyl groups excluding tert-OH is 1. The summed E-state index contributed by atoms with van der Waals surface area (Å²) < 4.78 is 6.29. The van der Waals surface area contributed by atoms with Gasteiger partial charge >= 0.3 is 0 Å². The molecule has 0 saturated carbocycles. The van der Waals surface area contributed by atoms with E-state index in [4.69, 9.17) is 19.7 Å². The lowest BCUT2D eigenvalue weighted by Gasteiger charge is -2.34. The SMILES string of the molecule is Cl.OCCOCCN1CCN(CCO/N=C2/C(c3c(O)[nH]c4cc(Br)ccc34)=Nc3ccccc32)CC1. The topological polar surface area (TPSA) is 106 Å². The van der Waals surface area contributed by atoms with E-state index in [0.29, 0.717) is 36.8 Å². The normalized spacial score (nSPS) is 17.1. The number of piperazine rings is 1. The molecule has 1 fully saturated rings. The zero-order valence-corrected chi connectivity index (χ0v) is 22.8. The molecule has 0 bridgehead atoms. The Morgan fingerprint density at radius 2 is 1.73 bits per heavy atom. The van der Waals surface area contributed by atoms with E-state index in [2.05, 4.69) is 35.9 Å². The molecule has 2 aliphatic rings. The van der Waals surface area contributed by atoms with Gasteiger partial charge in [-0.2, -0.15) is 0 Å². The Bertz CT molecular complexity index is 1270. The van der Waals surface area contributed by atoms with Crippen molar-refractivity contribution in [3.63, 3.8) is 0 Å². The van der Waals surface area contributed by atoms with E-state index in [9.17, 15) is 5.11 Å². The number of hydrogen-bond acceptors (Lipinski definition) is 8. The number of para-hydroxylation sites is 1. The first kappa shape index (κ1) is 27.6. The second kappa shape index (κ2) is 12.9. The van der Waals surface area contributed by atoms with Crippen molar-refractivity contribution in [3.05, 3.63) is 58.1 Å². The molecule has 2 aliphatic heterocycles. The van der Waals surface area contributed by atoms with Crippen LogP contribution in [0.4, 0.5) is 5.69 Å². The van der Waals surface area contributed by atoms with E-state index in [0.717, 1.165) is 65.9 Å². The van der Waals surface area contributed by atoms with Crippen molar-refractivity contribution in [1.82, 2.24) is 14.8 Å². The van der Waals surface area contributed by atoms with Crippen LogP contribution in [0.5, 0.6) is 5.88 Å². The van der Waals surface area contributed by atoms with E-state index < -0.39 is 0 Å². The highest BCUT2D eigenvalue weighted by Crippen LogP contribution is 2.36. The lowest BCUT2D eigenvalue weighted by atomic mass is 10.0. The Morgan fingerprint density at radius 1 is 1.00 bits per heavy atom. The minimum absolute atomic E-state index is 0. The molecular formula is C26H31BrClN5O4. The standard InChI is InChI=1S/C26H30BrN5O4.ClH/c27-18-5-6-19-22(17-18)29-26(34)23(19)25-24(20-3-1-2-4-21(20)28-25)30-36-15-12-32-9-7-31(8-10-32)11-14-35-16-13-33;/h1-6,17,29,33-34H,7-16H2;1H/b30-24+;. The smallest absolute Gasteiger partial charge is 0.199 e. The number of fused-ring (bicyclic) bond motifs is 2. The first-order chi connectivity index (χ1) is 17.6. The summed E-state index contributed by atoms with van der Waals surface area (Å²) in [5.41, 5.74) is 4.34. The molecule has 0 amide bonds. The molecule has 11 heteroatoms. The zero-order chi connectivity index (χ0) is 24.9. The van der Waals surface area contributed by atoms with E-state index in [-0.39, 0.29) is 24.9 Å². The van der Waals surface area contributed by atoms with Crippen LogP contribution in [0.3, 0.4) is 0 Å². The highest BCUT2D eigenvalue weighted by Gasteiger charge is 2.29. The fraction of sp³-hybridized carbons (Fsp3) is 0.385. The molecule has 37 heavy (non-hydrogen) atoms. The number of aliphatic hydroxyl groups is 1. The van der Waals surface area contributed by atoms with Crippen LogP contribution in [-0.2, 0) is 9.57 Å². The van der Waals surface area contributed by atoms with Crippen LogP contribution in [0.2, 0.25) is 0 Å². The van der Waals surface area contributed by atoms with Gasteiger partial charge in [0, 0.05) is 54.7 Å². The Kier molecular flexibility index (Phi) is 9.58. The molecule has 0 radical (unpaired) electrons. The van der Waals surface area contributed by atoms with Crippen LogP contribution in [-0.4, -0.2) is 102 Å². The molecule has 0 unspecified atom stereocenters. The number of ether oxygens (including phenoxy) is 1. The first-order valence-corrected chi connectivity index (χ1v) is 13.0. The van der Waals surface area contributed by atoms with E-state index in [1.165, 1.54) is 0 Å². The largest absolute Gasteiger partial charge is 0.494 e. The molecule has 0 spiro atoms. The Balaban J connectivity index is 0.00000320. The number of nitrogens with zero attached hydrogens (tertiary/aromatic N) is 4. The summed E-state index contributed by atoms with van der Waals surface area (Å²) in [5.74, 6) is 0.0574. The average molecular weight is 593 g/mol. The van der Waals surface area contributed by atoms with Gasteiger partial charge in [-0.15, -0.1) is 12.4 Å². The minimum atomic E-state index is 0. The second-order valence-electron chi connectivity index (χ2n) is 8.81. The van der Waals surface area contributed by atoms with Gasteiger partial charge in [0.1, 0.15) is 18.0 Å². The number of benzene rings is 2. The Labute approximate surface area is 230 Å². The number of halogens is 2. The molecule has 198 valence electrons. The van der Waals surface area contributed by atoms with Crippen LogP contribution in [0.25, 0.3) is 10.9 Å². The second-order valence-corrected chi connectivity index (χ2v) is 9.72. The third kappa shape index (κ3) is 6.34. The van der Waals surface area contributed by atoms with E-state index in [1.807, 2.05) is 42.5 Å². The summed E-state index contributed by atoms with van der Waals surface area (Å²) in [5, 5.41) is 24.9. The predicted molar refractivity (Wildman–Crippen MR) is 151 cm³/mol. The van der Waals surface area contributed by atoms with Gasteiger partial charge in [-0.25, -0.2) is 4.99 Å². The summed E-state index contributed by atoms with van der Waals surface area (Å²) in [6.45, 7) is 7.15. The van der Waals surface area contributed by atoms with Crippen LogP contribution in [0.15, 0.2) is 57.1 Å². The van der Waals surface area contributed by atoms with E-state index >= 15 is 0 Å². The molecule has 5 rings (SSSR count). The fourth-order valence-corrected chi connectivity index (χ4v) is 4.97. The molecule has 2 aromatic carbocycles. The minimum Gasteiger partial charge on any atom is -0.494 e. The van der Waals surface area contributed by atoms with Crippen molar-refractivity contribution in [2.75, 3.05) is 65.7 Å². The number of hydrogen-bond donors (Lipinski definition) is 3. The van der Waals surface area contributed by atoms with Gasteiger partial charge in [0.05, 0.1) is 36.6 Å². The van der Waals surface area contributed by atoms with Crippen LogP contribution >= 0.6 is 28.3 Å². The Morgan fingerprint density at radius 3 is 2.49 bits per heavy atom. The third-order valence-electron chi connectivity index (χ3n) is 6.50. The predicted octanol–water partition coefficient (Wildman–Crippen LogP) is 3.54. The monoisotopic (exact) mass is 591 g/mol. The summed E-state index contributed by atoms with van der Waals surface area (Å²) in [6.07, 6.45) is 0. The molecule has 1 saturated heterocycles. The molecular weight excluding hydrogens is 562 g/mol. The molecule has 1 aromatic heterocycles. The van der Waals surface area contributed by atoms with Gasteiger partial charge < -0.3 is 24.8 Å². The number of oxime groups is 1. The number of H-pyrrole nitrogens is 1. The maximum atomic E-state index is 10.7. The lowest BCUT2D eigenvalue weighted by Crippen LogP contribution is -2.48. The van der Waals surface area contributed by atoms with Crippen LogP contribution in [0.1, 0.15) is 11.1 Å². The van der Waals surface area contributed by atoms with Gasteiger partial charge in [-0.1, -0.05) is 45.4 Å². The molecule has 3 heterocycles. The number of aromatic amines is 1. The summed E-state index contributed by atoms with van der Waals surface area (Å²) in [4.78, 5) is 18.4. The van der Waals surface area contributed by atoms with Crippen molar-refractivity contribution < 1.29 is 19.8 Å². The van der Waals surface area contributed by atoms with Crippen LogP contribution < -0.4 is 0 Å². The van der Waals surface area contributed by atoms with Crippen molar-refractivity contribution in [2.45, 2.75) is 0 Å². The third-order valence-corrected chi connectivity index (χ3v) is 6.99. The van der Waals surface area contributed by atoms with Crippen molar-refractivity contribution >= 4 is 56.4 Å². The fourth-order valence-electron chi connectivity index (χ4n) is 4.61. The molecule has 0 aliphatic carbocycles. The van der Waals surface area contributed by atoms with Gasteiger partial charge in [0.15, 0.2) is 5.88 Å². The van der Waals surface area contributed by atoms with Crippen molar-refractivity contribution in [1.29, 1.82) is 0 Å². The molecule has 3 aromatic rings. The van der Waals surface area contributed by atoms with Gasteiger partial charge in [0.25, 0.3) is 0 Å². The van der Waals surface area contributed by atoms with Crippen molar-refractivity contribution in [3.8, 4) is 5.88 Å². The van der Waals surface area contributed by atoms with Gasteiger partial charge in [0.2, 0.25) is 0 Å². The Hall–Kier alpha value is -2.47. The average Bonchev–Trinajstić information content (AvgIpc) is 3.41. The summed E-state index contributed by atoms with van der Waals surface area (Å²) in [7, 11) is 0. The highest BCUT2D eigenvalue weighted by molar-refractivity contribution is 9.10. The number of nitrogens with one attached hydrogen (secondary N) is 1. The molecule has 3 N–H and O–H groups in total. The molecule has 0 atom stereocenters. The van der Waals surface area contributed by atoms with Crippen molar-refractivity contribution in [2.24, 2.45) is 10.1 Å². The number of aromatic hydroxyl groups is 1. The highest BCUT2D eigenvalue weighted by atomic mass is 79.9. The summed E-state index contributed by atoms with van der Waals surface area (Å²) in [6, 6.07) is 13.6. The number of aliphatic imine (C=N–C) groups is 1. The zero-order valence-electron chi connectivity index (χ0n) is 20.4. The first-order valence-electron chi connectivity index (χ1n) is 12.2.